The first-order valence-electron chi connectivity index (χ1n) is 5.50. The van der Waals surface area contributed by atoms with E-state index in [1.807, 2.05) is 0 Å². The average Bonchev–Trinajstić information content (AvgIpc) is 2.76. The van der Waals surface area contributed by atoms with E-state index in [0.717, 1.165) is 12.1 Å². The third-order valence-electron chi connectivity index (χ3n) is 2.40. The molecular formula is C12H10F3N3O2. The standard InChI is InChI=1S/C12H10F3N3O2/c1-18-10(6-7-16-18)11(19)17-8-2-4-9(5-3-8)20-12(13,14)15/h2-7H,1H3,(H,17,19). The van der Waals surface area contributed by atoms with Crippen LogP contribution in [0.25, 0.3) is 0 Å². The van der Waals surface area contributed by atoms with Crippen molar-refractivity contribution in [2.24, 2.45) is 7.05 Å². The van der Waals surface area contributed by atoms with Crippen LogP contribution in [0.5, 0.6) is 5.75 Å². The maximum atomic E-state index is 12.0. The van der Waals surface area contributed by atoms with Crippen LogP contribution in [0.4, 0.5) is 18.9 Å². The fraction of sp³-hybridized carbons (Fsp3) is 0.167. The summed E-state index contributed by atoms with van der Waals surface area (Å²) in [5.74, 6) is -0.759. The molecule has 1 aromatic heterocycles. The zero-order valence-corrected chi connectivity index (χ0v) is 10.3. The van der Waals surface area contributed by atoms with Gasteiger partial charge in [0, 0.05) is 18.9 Å². The number of rotatable bonds is 3. The molecule has 1 aromatic carbocycles. The highest BCUT2D eigenvalue weighted by atomic mass is 19.4. The van der Waals surface area contributed by atoms with Crippen LogP contribution in [-0.2, 0) is 7.05 Å². The molecule has 0 aliphatic heterocycles. The summed E-state index contributed by atoms with van der Waals surface area (Å²) in [6.07, 6.45) is -3.27. The summed E-state index contributed by atoms with van der Waals surface area (Å²) < 4.78 is 41.1. The Hall–Kier alpha value is -2.51. The van der Waals surface area contributed by atoms with Crippen LogP contribution in [0.3, 0.4) is 0 Å². The lowest BCUT2D eigenvalue weighted by Gasteiger charge is -2.10. The quantitative estimate of drug-likeness (QED) is 0.943. The Morgan fingerprint density at radius 2 is 1.90 bits per heavy atom. The Morgan fingerprint density at radius 1 is 1.25 bits per heavy atom. The highest BCUT2D eigenvalue weighted by Gasteiger charge is 2.30. The van der Waals surface area contributed by atoms with Gasteiger partial charge in [-0.3, -0.25) is 9.48 Å². The van der Waals surface area contributed by atoms with Crippen molar-refractivity contribution in [1.82, 2.24) is 9.78 Å². The molecule has 0 bridgehead atoms. The van der Waals surface area contributed by atoms with Crippen LogP contribution < -0.4 is 10.1 Å². The number of nitrogens with zero attached hydrogens (tertiary/aromatic N) is 2. The van der Waals surface area contributed by atoms with Crippen LogP contribution >= 0.6 is 0 Å². The Labute approximate surface area is 112 Å². The molecule has 1 N–H and O–H groups in total. The molecule has 0 spiro atoms. The van der Waals surface area contributed by atoms with Crippen molar-refractivity contribution in [1.29, 1.82) is 0 Å². The van der Waals surface area contributed by atoms with Gasteiger partial charge in [-0.1, -0.05) is 0 Å². The minimum Gasteiger partial charge on any atom is -0.406 e. The number of carbonyl (C=O) groups is 1. The third kappa shape index (κ3) is 3.50. The van der Waals surface area contributed by atoms with E-state index in [1.165, 1.54) is 29.1 Å². The Kier molecular flexibility index (Phi) is 3.64. The summed E-state index contributed by atoms with van der Waals surface area (Å²) in [6.45, 7) is 0. The molecule has 0 unspecified atom stereocenters. The number of alkyl halides is 3. The average molecular weight is 285 g/mol. The highest BCUT2D eigenvalue weighted by Crippen LogP contribution is 2.24. The molecule has 0 fully saturated rings. The summed E-state index contributed by atoms with van der Waals surface area (Å²) >= 11 is 0. The first kappa shape index (κ1) is 13.9. The second kappa shape index (κ2) is 5.24. The zero-order valence-electron chi connectivity index (χ0n) is 10.3. The highest BCUT2D eigenvalue weighted by molar-refractivity contribution is 6.02. The van der Waals surface area contributed by atoms with E-state index >= 15 is 0 Å². The van der Waals surface area contributed by atoms with Crippen molar-refractivity contribution in [3.63, 3.8) is 0 Å². The third-order valence-corrected chi connectivity index (χ3v) is 2.40. The van der Waals surface area contributed by atoms with Crippen molar-refractivity contribution in [2.75, 3.05) is 5.32 Å². The Bertz CT molecular complexity index is 605. The van der Waals surface area contributed by atoms with Crippen molar-refractivity contribution < 1.29 is 22.7 Å². The predicted octanol–water partition coefficient (Wildman–Crippen LogP) is 2.57. The minimum absolute atomic E-state index is 0.334. The van der Waals surface area contributed by atoms with E-state index in [1.54, 1.807) is 7.05 Å². The molecule has 0 radical (unpaired) electrons. The van der Waals surface area contributed by atoms with E-state index in [-0.39, 0.29) is 5.75 Å². The topological polar surface area (TPSA) is 56.2 Å². The molecule has 0 aliphatic rings. The number of anilines is 1. The molecule has 0 saturated carbocycles. The summed E-state index contributed by atoms with van der Waals surface area (Å²) in [6, 6.07) is 6.39. The normalized spacial score (nSPS) is 11.2. The summed E-state index contributed by atoms with van der Waals surface area (Å²) in [5.41, 5.74) is 0.686. The molecule has 20 heavy (non-hydrogen) atoms. The van der Waals surface area contributed by atoms with Gasteiger partial charge in [0.05, 0.1) is 0 Å². The van der Waals surface area contributed by atoms with Crippen molar-refractivity contribution in [2.45, 2.75) is 6.36 Å². The van der Waals surface area contributed by atoms with Gasteiger partial charge in [-0.05, 0) is 30.3 Å². The molecule has 1 amide bonds. The Morgan fingerprint density at radius 3 is 2.40 bits per heavy atom. The summed E-state index contributed by atoms with van der Waals surface area (Å²) in [5, 5.41) is 6.38. The van der Waals surface area contributed by atoms with Crippen molar-refractivity contribution in [3.8, 4) is 5.75 Å². The molecule has 0 saturated heterocycles. The molecule has 0 atom stereocenters. The van der Waals surface area contributed by atoms with E-state index in [9.17, 15) is 18.0 Å². The van der Waals surface area contributed by atoms with Crippen LogP contribution in [-0.4, -0.2) is 22.1 Å². The first-order valence-corrected chi connectivity index (χ1v) is 5.50. The largest absolute Gasteiger partial charge is 0.573 e. The van der Waals surface area contributed by atoms with Gasteiger partial charge in [0.15, 0.2) is 0 Å². The second-order valence-corrected chi connectivity index (χ2v) is 3.87. The molecule has 5 nitrogen and oxygen atoms in total. The molecule has 8 heteroatoms. The molecule has 2 rings (SSSR count). The van der Waals surface area contributed by atoms with Crippen LogP contribution in [0.15, 0.2) is 36.5 Å². The van der Waals surface area contributed by atoms with Gasteiger partial charge in [-0.2, -0.15) is 5.10 Å². The monoisotopic (exact) mass is 285 g/mol. The minimum atomic E-state index is -4.74. The number of amides is 1. The summed E-state index contributed by atoms with van der Waals surface area (Å²) in [4.78, 5) is 11.8. The van der Waals surface area contributed by atoms with Gasteiger partial charge in [0.25, 0.3) is 5.91 Å². The SMILES string of the molecule is Cn1nccc1C(=O)Nc1ccc(OC(F)(F)F)cc1. The lowest BCUT2D eigenvalue weighted by molar-refractivity contribution is -0.274. The van der Waals surface area contributed by atoms with E-state index in [2.05, 4.69) is 15.2 Å². The van der Waals surface area contributed by atoms with Gasteiger partial charge in [0.1, 0.15) is 11.4 Å². The van der Waals surface area contributed by atoms with E-state index in [4.69, 9.17) is 0 Å². The number of hydrogen-bond acceptors (Lipinski definition) is 3. The smallest absolute Gasteiger partial charge is 0.406 e. The number of halogens is 3. The predicted molar refractivity (Wildman–Crippen MR) is 64.3 cm³/mol. The van der Waals surface area contributed by atoms with E-state index < -0.39 is 12.3 Å². The van der Waals surface area contributed by atoms with Gasteiger partial charge < -0.3 is 10.1 Å². The van der Waals surface area contributed by atoms with Crippen LogP contribution in [0.1, 0.15) is 10.5 Å². The van der Waals surface area contributed by atoms with Gasteiger partial charge in [-0.25, -0.2) is 0 Å². The number of nitrogens with one attached hydrogen (secondary N) is 1. The van der Waals surface area contributed by atoms with E-state index in [0.29, 0.717) is 11.4 Å². The maximum absolute atomic E-state index is 12.0. The molecule has 1 heterocycles. The fourth-order valence-corrected chi connectivity index (χ4v) is 1.53. The van der Waals surface area contributed by atoms with Gasteiger partial charge >= 0.3 is 6.36 Å². The number of hydrogen-bond donors (Lipinski definition) is 1. The first-order chi connectivity index (χ1) is 9.35. The second-order valence-electron chi connectivity index (χ2n) is 3.87. The lowest BCUT2D eigenvalue weighted by atomic mass is 10.3. The van der Waals surface area contributed by atoms with Gasteiger partial charge in [-0.15, -0.1) is 13.2 Å². The van der Waals surface area contributed by atoms with Crippen molar-refractivity contribution in [3.05, 3.63) is 42.2 Å². The number of ether oxygens (including phenoxy) is 1. The van der Waals surface area contributed by atoms with Gasteiger partial charge in [0.2, 0.25) is 0 Å². The number of benzene rings is 1. The van der Waals surface area contributed by atoms with Crippen LogP contribution in [0, 0.1) is 0 Å². The Balaban J connectivity index is 2.04. The molecule has 2 aromatic rings. The number of aryl methyl sites for hydroxylation is 1. The number of carbonyl (C=O) groups excluding carboxylic acids is 1. The number of aromatic nitrogens is 2. The summed E-state index contributed by atoms with van der Waals surface area (Å²) in [7, 11) is 1.61. The molecule has 0 aliphatic carbocycles. The lowest BCUT2D eigenvalue weighted by Crippen LogP contribution is -2.17. The maximum Gasteiger partial charge on any atom is 0.573 e. The van der Waals surface area contributed by atoms with Crippen LogP contribution in [0.2, 0.25) is 0 Å². The fourth-order valence-electron chi connectivity index (χ4n) is 1.53. The van der Waals surface area contributed by atoms with Crippen molar-refractivity contribution >= 4 is 11.6 Å². The zero-order chi connectivity index (χ0) is 14.8. The molecular weight excluding hydrogens is 275 g/mol. The molecule has 106 valence electrons.